The Hall–Kier alpha value is -2.01. The zero-order valence-corrected chi connectivity index (χ0v) is 10.2. The SMILES string of the molecule is Cc1cnc(C=NNC(N)=S)c2ccccc12. The monoisotopic (exact) mass is 244 g/mol. The fourth-order valence-electron chi connectivity index (χ4n) is 1.62. The average Bonchev–Trinajstić information content (AvgIpc) is 2.32. The van der Waals surface area contributed by atoms with E-state index in [-0.39, 0.29) is 5.11 Å². The molecule has 0 unspecified atom stereocenters. The van der Waals surface area contributed by atoms with E-state index in [1.807, 2.05) is 31.3 Å². The average molecular weight is 244 g/mol. The number of rotatable bonds is 2. The predicted molar refractivity (Wildman–Crippen MR) is 74.0 cm³/mol. The molecule has 0 aliphatic carbocycles. The summed E-state index contributed by atoms with van der Waals surface area (Å²) in [6.45, 7) is 2.03. The standard InChI is InChI=1S/C12H12N4S/c1-8-6-14-11(7-15-16-12(13)17)10-5-3-2-4-9(8)10/h2-7H,1H3,(H3,13,16,17). The maximum absolute atomic E-state index is 5.28. The lowest BCUT2D eigenvalue weighted by Crippen LogP contribution is -2.24. The zero-order valence-electron chi connectivity index (χ0n) is 9.34. The third-order valence-electron chi connectivity index (χ3n) is 2.39. The van der Waals surface area contributed by atoms with Crippen LogP contribution in [0.1, 0.15) is 11.3 Å². The normalized spacial score (nSPS) is 10.9. The second-order valence-corrected chi connectivity index (χ2v) is 4.05. The van der Waals surface area contributed by atoms with Crippen molar-refractivity contribution < 1.29 is 0 Å². The van der Waals surface area contributed by atoms with Gasteiger partial charge in [0.2, 0.25) is 0 Å². The van der Waals surface area contributed by atoms with Gasteiger partial charge in [0.1, 0.15) is 0 Å². The molecule has 0 fully saturated rings. The fraction of sp³-hybridized carbons (Fsp3) is 0.0833. The van der Waals surface area contributed by atoms with Crippen LogP contribution in [0, 0.1) is 6.92 Å². The minimum atomic E-state index is 0.137. The molecule has 0 saturated heterocycles. The number of nitrogens with one attached hydrogen (secondary N) is 1. The van der Waals surface area contributed by atoms with E-state index in [0.29, 0.717) is 0 Å². The van der Waals surface area contributed by atoms with Gasteiger partial charge in [-0.15, -0.1) is 0 Å². The molecule has 0 atom stereocenters. The van der Waals surface area contributed by atoms with Crippen molar-refractivity contribution in [3.05, 3.63) is 41.7 Å². The Balaban J connectivity index is 2.45. The lowest BCUT2D eigenvalue weighted by Gasteiger charge is -2.04. The van der Waals surface area contributed by atoms with Gasteiger partial charge in [-0.2, -0.15) is 5.10 Å². The fourth-order valence-corrected chi connectivity index (χ4v) is 1.67. The molecular formula is C12H12N4S. The van der Waals surface area contributed by atoms with Crippen LogP contribution in [-0.4, -0.2) is 16.3 Å². The molecule has 0 saturated carbocycles. The van der Waals surface area contributed by atoms with Gasteiger partial charge in [0.25, 0.3) is 0 Å². The molecule has 2 rings (SSSR count). The molecule has 1 aromatic heterocycles. The molecule has 0 amide bonds. The molecule has 3 N–H and O–H groups in total. The van der Waals surface area contributed by atoms with Gasteiger partial charge in [-0.1, -0.05) is 24.3 Å². The zero-order chi connectivity index (χ0) is 12.3. The Kier molecular flexibility index (Phi) is 3.30. The Labute approximate surface area is 105 Å². The van der Waals surface area contributed by atoms with E-state index in [9.17, 15) is 0 Å². The van der Waals surface area contributed by atoms with Crippen molar-refractivity contribution in [1.82, 2.24) is 10.4 Å². The van der Waals surface area contributed by atoms with Crippen molar-refractivity contribution in [3.63, 3.8) is 0 Å². The number of aryl methyl sites for hydroxylation is 1. The van der Waals surface area contributed by atoms with E-state index in [2.05, 4.69) is 33.8 Å². The summed E-state index contributed by atoms with van der Waals surface area (Å²) in [6, 6.07) is 8.05. The highest BCUT2D eigenvalue weighted by Crippen LogP contribution is 2.18. The molecule has 5 heteroatoms. The van der Waals surface area contributed by atoms with Gasteiger partial charge in [-0.05, 0) is 30.1 Å². The molecule has 0 radical (unpaired) electrons. The van der Waals surface area contributed by atoms with Crippen molar-refractivity contribution in [2.45, 2.75) is 6.92 Å². The number of fused-ring (bicyclic) bond motifs is 1. The van der Waals surface area contributed by atoms with Crippen molar-refractivity contribution in [2.75, 3.05) is 0 Å². The third kappa shape index (κ3) is 2.57. The molecule has 1 aromatic carbocycles. The molecule has 17 heavy (non-hydrogen) atoms. The Morgan fingerprint density at radius 3 is 2.82 bits per heavy atom. The highest BCUT2D eigenvalue weighted by Gasteiger charge is 2.01. The minimum Gasteiger partial charge on any atom is -0.375 e. The summed E-state index contributed by atoms with van der Waals surface area (Å²) in [5.74, 6) is 0. The summed E-state index contributed by atoms with van der Waals surface area (Å²) in [6.07, 6.45) is 3.44. The number of thiocarbonyl (C=S) groups is 1. The van der Waals surface area contributed by atoms with E-state index in [1.54, 1.807) is 6.21 Å². The summed E-state index contributed by atoms with van der Waals surface area (Å²) >= 11 is 4.66. The van der Waals surface area contributed by atoms with Crippen LogP contribution in [0.15, 0.2) is 35.6 Å². The summed E-state index contributed by atoms with van der Waals surface area (Å²) < 4.78 is 0. The molecule has 2 aromatic rings. The highest BCUT2D eigenvalue weighted by molar-refractivity contribution is 7.80. The highest BCUT2D eigenvalue weighted by atomic mass is 32.1. The Morgan fingerprint density at radius 1 is 1.41 bits per heavy atom. The predicted octanol–water partition coefficient (Wildman–Crippen LogP) is 1.71. The van der Waals surface area contributed by atoms with Crippen LogP contribution in [0.25, 0.3) is 10.8 Å². The van der Waals surface area contributed by atoms with E-state index in [0.717, 1.165) is 16.6 Å². The number of aromatic nitrogens is 1. The largest absolute Gasteiger partial charge is 0.375 e. The van der Waals surface area contributed by atoms with Crippen LogP contribution in [0.4, 0.5) is 0 Å². The summed E-state index contributed by atoms with van der Waals surface area (Å²) in [4.78, 5) is 4.33. The van der Waals surface area contributed by atoms with E-state index >= 15 is 0 Å². The van der Waals surface area contributed by atoms with E-state index < -0.39 is 0 Å². The lowest BCUT2D eigenvalue weighted by atomic mass is 10.1. The first-order chi connectivity index (χ1) is 8.18. The molecule has 0 bridgehead atoms. The number of hydrogen-bond donors (Lipinski definition) is 2. The molecule has 86 valence electrons. The number of benzene rings is 1. The van der Waals surface area contributed by atoms with Gasteiger partial charge in [-0.3, -0.25) is 10.4 Å². The van der Waals surface area contributed by atoms with Gasteiger partial charge >= 0.3 is 0 Å². The molecular weight excluding hydrogens is 232 g/mol. The molecule has 0 aliphatic heterocycles. The van der Waals surface area contributed by atoms with Crippen LogP contribution in [0.3, 0.4) is 0 Å². The van der Waals surface area contributed by atoms with E-state index in [4.69, 9.17) is 5.73 Å². The number of pyridine rings is 1. The number of nitrogens with zero attached hydrogens (tertiary/aromatic N) is 2. The number of hydrogen-bond acceptors (Lipinski definition) is 3. The Bertz CT molecular complexity index is 592. The second-order valence-electron chi connectivity index (χ2n) is 3.61. The van der Waals surface area contributed by atoms with Gasteiger partial charge < -0.3 is 5.73 Å². The molecule has 0 spiro atoms. The smallest absolute Gasteiger partial charge is 0.184 e. The summed E-state index contributed by atoms with van der Waals surface area (Å²) in [5, 5.41) is 6.28. The van der Waals surface area contributed by atoms with Gasteiger partial charge in [0.15, 0.2) is 5.11 Å². The van der Waals surface area contributed by atoms with Crippen LogP contribution in [0.5, 0.6) is 0 Å². The first-order valence-electron chi connectivity index (χ1n) is 5.11. The van der Waals surface area contributed by atoms with Crippen LogP contribution in [0.2, 0.25) is 0 Å². The number of hydrazone groups is 1. The van der Waals surface area contributed by atoms with Crippen LogP contribution in [-0.2, 0) is 0 Å². The van der Waals surface area contributed by atoms with Crippen LogP contribution >= 0.6 is 12.2 Å². The van der Waals surface area contributed by atoms with Crippen molar-refractivity contribution >= 4 is 34.3 Å². The van der Waals surface area contributed by atoms with Crippen molar-refractivity contribution in [2.24, 2.45) is 10.8 Å². The molecule has 0 aliphatic rings. The summed E-state index contributed by atoms with van der Waals surface area (Å²) in [5.41, 5.74) is 9.72. The molecule has 4 nitrogen and oxygen atoms in total. The summed E-state index contributed by atoms with van der Waals surface area (Å²) in [7, 11) is 0. The maximum atomic E-state index is 5.28. The second kappa shape index (κ2) is 4.88. The first kappa shape index (κ1) is 11.5. The molecule has 1 heterocycles. The van der Waals surface area contributed by atoms with Gasteiger partial charge in [0, 0.05) is 11.6 Å². The lowest BCUT2D eigenvalue weighted by molar-refractivity contribution is 1.04. The third-order valence-corrected chi connectivity index (χ3v) is 2.48. The first-order valence-corrected chi connectivity index (χ1v) is 5.52. The topological polar surface area (TPSA) is 63.3 Å². The quantitative estimate of drug-likeness (QED) is 0.479. The van der Waals surface area contributed by atoms with Gasteiger partial charge in [0.05, 0.1) is 11.9 Å². The maximum Gasteiger partial charge on any atom is 0.184 e. The minimum absolute atomic E-state index is 0.137. The Morgan fingerprint density at radius 2 is 2.12 bits per heavy atom. The van der Waals surface area contributed by atoms with Crippen LogP contribution < -0.4 is 11.2 Å². The van der Waals surface area contributed by atoms with Crippen molar-refractivity contribution in [1.29, 1.82) is 0 Å². The van der Waals surface area contributed by atoms with Gasteiger partial charge in [-0.25, -0.2) is 0 Å². The van der Waals surface area contributed by atoms with E-state index in [1.165, 1.54) is 5.39 Å². The van der Waals surface area contributed by atoms with Crippen molar-refractivity contribution in [3.8, 4) is 0 Å². The number of nitrogens with two attached hydrogens (primary N) is 1.